The molecule has 2 N–H and O–H groups in total. The summed E-state index contributed by atoms with van der Waals surface area (Å²) in [4.78, 5) is 0. The summed E-state index contributed by atoms with van der Waals surface area (Å²) in [6.45, 7) is 2.58. The number of aryl methyl sites for hydroxylation is 1. The molecule has 4 heteroatoms. The highest BCUT2D eigenvalue weighted by Crippen LogP contribution is 2.13. The molecule has 1 rings (SSSR count). The molecule has 0 amide bonds. The number of nitrogens with two attached hydrogens (primary N) is 1. The largest absolute Gasteiger partial charge is 0.330 e. The second-order valence-corrected chi connectivity index (χ2v) is 6.97. The van der Waals surface area contributed by atoms with Crippen LogP contribution >= 0.6 is 0 Å². The highest BCUT2D eigenvalue weighted by atomic mass is 32.2. The second kappa shape index (κ2) is 6.17. The Balaban J connectivity index is 2.55. The number of rotatable bonds is 6. The standard InChI is InChI=1S/C13H21NO2S/c1-11-3-5-12(6-4-11)9-13(10-14)7-8-17(2,15)16/h3-6,13H,7-10,14H2,1-2H3. The van der Waals surface area contributed by atoms with Crippen molar-refractivity contribution in [2.24, 2.45) is 11.7 Å². The van der Waals surface area contributed by atoms with Gasteiger partial charge in [0.05, 0.1) is 5.75 Å². The molecule has 0 radical (unpaired) electrons. The van der Waals surface area contributed by atoms with E-state index in [2.05, 4.69) is 24.3 Å². The van der Waals surface area contributed by atoms with E-state index in [9.17, 15) is 8.42 Å². The van der Waals surface area contributed by atoms with E-state index >= 15 is 0 Å². The van der Waals surface area contributed by atoms with Crippen molar-refractivity contribution in [3.05, 3.63) is 35.4 Å². The van der Waals surface area contributed by atoms with Gasteiger partial charge < -0.3 is 5.73 Å². The zero-order chi connectivity index (χ0) is 12.9. The molecule has 1 aromatic carbocycles. The molecule has 1 unspecified atom stereocenters. The first-order valence-corrected chi connectivity index (χ1v) is 7.90. The summed E-state index contributed by atoms with van der Waals surface area (Å²) in [6.07, 6.45) is 2.77. The summed E-state index contributed by atoms with van der Waals surface area (Å²) in [5.41, 5.74) is 8.14. The molecule has 0 saturated carbocycles. The van der Waals surface area contributed by atoms with Gasteiger partial charge in [0.1, 0.15) is 9.84 Å². The second-order valence-electron chi connectivity index (χ2n) is 4.71. The molecule has 0 heterocycles. The summed E-state index contributed by atoms with van der Waals surface area (Å²) in [6, 6.07) is 8.30. The predicted octanol–water partition coefficient (Wildman–Crippen LogP) is 1.55. The maximum Gasteiger partial charge on any atom is 0.147 e. The molecule has 0 spiro atoms. The summed E-state index contributed by atoms with van der Waals surface area (Å²) in [5.74, 6) is 0.466. The van der Waals surface area contributed by atoms with Crippen LogP contribution in [0.4, 0.5) is 0 Å². The van der Waals surface area contributed by atoms with Crippen molar-refractivity contribution < 1.29 is 8.42 Å². The highest BCUT2D eigenvalue weighted by Gasteiger charge is 2.11. The topological polar surface area (TPSA) is 60.2 Å². The molecule has 1 atom stereocenters. The maximum atomic E-state index is 11.1. The van der Waals surface area contributed by atoms with Crippen molar-refractivity contribution in [2.75, 3.05) is 18.6 Å². The molecule has 0 aliphatic heterocycles. The van der Waals surface area contributed by atoms with E-state index in [-0.39, 0.29) is 11.7 Å². The van der Waals surface area contributed by atoms with Crippen LogP contribution in [-0.4, -0.2) is 27.0 Å². The van der Waals surface area contributed by atoms with E-state index in [0.29, 0.717) is 13.0 Å². The monoisotopic (exact) mass is 255 g/mol. The Morgan fingerprint density at radius 1 is 1.24 bits per heavy atom. The fourth-order valence-corrected chi connectivity index (χ4v) is 2.50. The minimum absolute atomic E-state index is 0.223. The molecule has 17 heavy (non-hydrogen) atoms. The van der Waals surface area contributed by atoms with Crippen LogP contribution < -0.4 is 5.73 Å². The van der Waals surface area contributed by atoms with Gasteiger partial charge in [-0.05, 0) is 37.8 Å². The average Bonchev–Trinajstić information content (AvgIpc) is 2.25. The van der Waals surface area contributed by atoms with Crippen LogP contribution in [0.5, 0.6) is 0 Å². The summed E-state index contributed by atoms with van der Waals surface area (Å²) < 4.78 is 22.2. The molecule has 0 aliphatic carbocycles. The van der Waals surface area contributed by atoms with Crippen LogP contribution in [0.1, 0.15) is 17.5 Å². The van der Waals surface area contributed by atoms with Crippen molar-refractivity contribution in [1.29, 1.82) is 0 Å². The molecular weight excluding hydrogens is 234 g/mol. The van der Waals surface area contributed by atoms with Gasteiger partial charge in [-0.3, -0.25) is 0 Å². The zero-order valence-corrected chi connectivity index (χ0v) is 11.3. The number of hydrogen-bond acceptors (Lipinski definition) is 3. The van der Waals surface area contributed by atoms with E-state index in [4.69, 9.17) is 5.73 Å². The molecule has 96 valence electrons. The van der Waals surface area contributed by atoms with Gasteiger partial charge in [0, 0.05) is 6.26 Å². The van der Waals surface area contributed by atoms with Crippen LogP contribution in [0.25, 0.3) is 0 Å². The summed E-state index contributed by atoms with van der Waals surface area (Å²) in [7, 11) is -2.88. The predicted molar refractivity (Wildman–Crippen MR) is 71.8 cm³/mol. The Morgan fingerprint density at radius 2 is 1.82 bits per heavy atom. The third-order valence-electron chi connectivity index (χ3n) is 2.88. The fraction of sp³-hybridized carbons (Fsp3) is 0.538. The van der Waals surface area contributed by atoms with Crippen LogP contribution in [0, 0.1) is 12.8 Å². The Kier molecular flexibility index (Phi) is 5.15. The first-order valence-electron chi connectivity index (χ1n) is 5.84. The Morgan fingerprint density at radius 3 is 2.29 bits per heavy atom. The van der Waals surface area contributed by atoms with Gasteiger partial charge in [0.25, 0.3) is 0 Å². The van der Waals surface area contributed by atoms with Crippen molar-refractivity contribution in [1.82, 2.24) is 0 Å². The van der Waals surface area contributed by atoms with Gasteiger partial charge in [-0.1, -0.05) is 29.8 Å². The van der Waals surface area contributed by atoms with Gasteiger partial charge in [-0.15, -0.1) is 0 Å². The molecular formula is C13H21NO2S. The lowest BCUT2D eigenvalue weighted by Gasteiger charge is -2.14. The molecule has 1 aromatic rings. The Bertz CT molecular complexity index is 437. The lowest BCUT2D eigenvalue weighted by Crippen LogP contribution is -2.20. The third-order valence-corrected chi connectivity index (χ3v) is 3.85. The van der Waals surface area contributed by atoms with Gasteiger partial charge in [0.15, 0.2) is 0 Å². The molecule has 0 saturated heterocycles. The number of benzene rings is 1. The van der Waals surface area contributed by atoms with Crippen LogP contribution in [0.3, 0.4) is 0 Å². The molecule has 3 nitrogen and oxygen atoms in total. The molecule has 0 fully saturated rings. The lowest BCUT2D eigenvalue weighted by molar-refractivity contribution is 0.512. The van der Waals surface area contributed by atoms with Crippen LogP contribution in [0.15, 0.2) is 24.3 Å². The number of hydrogen-bond donors (Lipinski definition) is 1. The molecule has 0 aromatic heterocycles. The fourth-order valence-electron chi connectivity index (χ4n) is 1.74. The van der Waals surface area contributed by atoms with E-state index in [1.807, 2.05) is 6.92 Å². The normalized spacial score (nSPS) is 13.6. The third kappa shape index (κ3) is 5.84. The summed E-state index contributed by atoms with van der Waals surface area (Å²) >= 11 is 0. The molecule has 0 bridgehead atoms. The molecule has 0 aliphatic rings. The van der Waals surface area contributed by atoms with Gasteiger partial charge in [-0.2, -0.15) is 0 Å². The van der Waals surface area contributed by atoms with Gasteiger partial charge in [-0.25, -0.2) is 8.42 Å². The van der Waals surface area contributed by atoms with E-state index in [1.54, 1.807) is 0 Å². The van der Waals surface area contributed by atoms with Crippen molar-refractivity contribution >= 4 is 9.84 Å². The minimum atomic E-state index is -2.88. The highest BCUT2D eigenvalue weighted by molar-refractivity contribution is 7.90. The van der Waals surface area contributed by atoms with Crippen molar-refractivity contribution in [3.8, 4) is 0 Å². The first kappa shape index (κ1) is 14.2. The maximum absolute atomic E-state index is 11.1. The van der Waals surface area contributed by atoms with Crippen LogP contribution in [-0.2, 0) is 16.3 Å². The van der Waals surface area contributed by atoms with Gasteiger partial charge >= 0.3 is 0 Å². The smallest absolute Gasteiger partial charge is 0.147 e. The lowest BCUT2D eigenvalue weighted by atomic mass is 9.96. The van der Waals surface area contributed by atoms with E-state index < -0.39 is 9.84 Å². The van der Waals surface area contributed by atoms with E-state index in [0.717, 1.165) is 6.42 Å². The van der Waals surface area contributed by atoms with Crippen molar-refractivity contribution in [2.45, 2.75) is 19.8 Å². The summed E-state index contributed by atoms with van der Waals surface area (Å²) in [5, 5.41) is 0. The number of sulfone groups is 1. The van der Waals surface area contributed by atoms with Gasteiger partial charge in [0.2, 0.25) is 0 Å². The van der Waals surface area contributed by atoms with Crippen LogP contribution in [0.2, 0.25) is 0 Å². The minimum Gasteiger partial charge on any atom is -0.330 e. The Hall–Kier alpha value is -0.870. The average molecular weight is 255 g/mol. The van der Waals surface area contributed by atoms with E-state index in [1.165, 1.54) is 17.4 Å². The zero-order valence-electron chi connectivity index (χ0n) is 10.5. The first-order chi connectivity index (χ1) is 7.90. The quantitative estimate of drug-likeness (QED) is 0.839. The SMILES string of the molecule is Cc1ccc(CC(CN)CCS(C)(=O)=O)cc1. The Labute approximate surface area is 104 Å². The van der Waals surface area contributed by atoms with Crippen molar-refractivity contribution in [3.63, 3.8) is 0 Å².